The van der Waals surface area contributed by atoms with Gasteiger partial charge in [0.25, 0.3) is 0 Å². The van der Waals surface area contributed by atoms with Gasteiger partial charge in [0, 0.05) is 31.1 Å². The lowest BCUT2D eigenvalue weighted by Crippen LogP contribution is -2.41. The third kappa shape index (κ3) is 3.73. The molecule has 1 saturated heterocycles. The first-order valence-corrected chi connectivity index (χ1v) is 10.6. The number of fused-ring (bicyclic) bond motifs is 1. The van der Waals surface area contributed by atoms with Gasteiger partial charge < -0.3 is 15.4 Å². The van der Waals surface area contributed by atoms with E-state index in [0.717, 1.165) is 29.8 Å². The minimum Gasteiger partial charge on any atom is -0.497 e. The van der Waals surface area contributed by atoms with E-state index in [9.17, 15) is 9.59 Å². The first-order chi connectivity index (χ1) is 15.0. The Labute approximate surface area is 179 Å². The number of pyridine rings is 1. The van der Waals surface area contributed by atoms with Gasteiger partial charge >= 0.3 is 5.69 Å². The van der Waals surface area contributed by atoms with Gasteiger partial charge in [-0.2, -0.15) is 4.98 Å². The molecule has 1 unspecified atom stereocenters. The van der Waals surface area contributed by atoms with Gasteiger partial charge in [0.05, 0.1) is 18.5 Å². The number of likely N-dealkylation sites (tertiary alicyclic amines) is 1. The van der Waals surface area contributed by atoms with Gasteiger partial charge in [-0.1, -0.05) is 12.1 Å². The molecule has 2 fully saturated rings. The Morgan fingerprint density at radius 3 is 2.52 bits per heavy atom. The lowest BCUT2D eigenvalue weighted by atomic mass is 10.0. The fourth-order valence-corrected chi connectivity index (χ4v) is 4.29. The Kier molecular flexibility index (Phi) is 4.84. The number of anilines is 1. The number of amides is 1. The normalized spacial score (nSPS) is 19.1. The lowest BCUT2D eigenvalue weighted by molar-refractivity contribution is -0.135. The van der Waals surface area contributed by atoms with Gasteiger partial charge in [-0.3, -0.25) is 9.36 Å². The topological polar surface area (TPSA) is 103 Å². The second-order valence-corrected chi connectivity index (χ2v) is 8.34. The van der Waals surface area contributed by atoms with Crippen LogP contribution in [-0.2, 0) is 11.3 Å². The minimum absolute atomic E-state index is 0.0160. The Morgan fingerprint density at radius 1 is 1.06 bits per heavy atom. The Hall–Kier alpha value is -3.42. The summed E-state index contributed by atoms with van der Waals surface area (Å²) >= 11 is 0. The van der Waals surface area contributed by atoms with E-state index in [4.69, 9.17) is 15.5 Å². The van der Waals surface area contributed by atoms with E-state index in [0.29, 0.717) is 36.5 Å². The number of nitrogen functional groups attached to an aromatic ring is 1. The summed E-state index contributed by atoms with van der Waals surface area (Å²) in [6.07, 6.45) is 3.14. The van der Waals surface area contributed by atoms with Crippen molar-refractivity contribution in [1.29, 1.82) is 0 Å². The van der Waals surface area contributed by atoms with Crippen LogP contribution in [0.2, 0.25) is 0 Å². The molecule has 2 aromatic heterocycles. The molecule has 31 heavy (non-hydrogen) atoms. The summed E-state index contributed by atoms with van der Waals surface area (Å²) in [4.78, 5) is 36.3. The van der Waals surface area contributed by atoms with Crippen LogP contribution in [0.1, 0.15) is 48.9 Å². The van der Waals surface area contributed by atoms with Crippen LogP contribution in [0.15, 0.2) is 41.2 Å². The van der Waals surface area contributed by atoms with Gasteiger partial charge in [0.1, 0.15) is 17.2 Å². The molecule has 8 nitrogen and oxygen atoms in total. The third-order valence-electron chi connectivity index (χ3n) is 6.21. The quantitative estimate of drug-likeness (QED) is 0.682. The fraction of sp³-hybridized carbons (Fsp3) is 0.391. The molecule has 0 radical (unpaired) electrons. The maximum absolute atomic E-state index is 12.9. The molecule has 2 aliphatic rings. The molecule has 8 heteroatoms. The third-order valence-corrected chi connectivity index (χ3v) is 6.21. The average molecular weight is 419 g/mol. The number of ether oxygens (including phenoxy) is 1. The number of rotatable bonds is 5. The molecule has 2 N–H and O–H groups in total. The standard InChI is InChI=1S/C23H25N5O3/c1-31-17-6-2-14(3-7-17)13-27-11-10-16(12-20(27)29)28-22-18(21(24)26-23(28)30)8-9-19(25-22)15-4-5-15/h2-3,6-9,15-16H,4-5,10-13H2,1H3,(H2,24,26,30). The first-order valence-electron chi connectivity index (χ1n) is 10.6. The van der Waals surface area contributed by atoms with E-state index in [1.165, 1.54) is 0 Å². The van der Waals surface area contributed by atoms with Gasteiger partial charge in [-0.25, -0.2) is 9.78 Å². The molecule has 1 atom stereocenters. The maximum Gasteiger partial charge on any atom is 0.351 e. The van der Waals surface area contributed by atoms with Crippen LogP contribution in [0.3, 0.4) is 0 Å². The Morgan fingerprint density at radius 2 is 1.84 bits per heavy atom. The molecule has 1 saturated carbocycles. The smallest absolute Gasteiger partial charge is 0.351 e. The van der Waals surface area contributed by atoms with Crippen LogP contribution in [-0.4, -0.2) is 39.0 Å². The summed E-state index contributed by atoms with van der Waals surface area (Å²) in [6.45, 7) is 1.10. The van der Waals surface area contributed by atoms with Crippen molar-refractivity contribution < 1.29 is 9.53 Å². The van der Waals surface area contributed by atoms with Gasteiger partial charge in [-0.15, -0.1) is 0 Å². The van der Waals surface area contributed by atoms with Crippen molar-refractivity contribution in [3.63, 3.8) is 0 Å². The van der Waals surface area contributed by atoms with Gasteiger partial charge in [-0.05, 0) is 49.1 Å². The largest absolute Gasteiger partial charge is 0.497 e. The number of nitrogens with two attached hydrogens (primary N) is 1. The van der Waals surface area contributed by atoms with Crippen molar-refractivity contribution in [1.82, 2.24) is 19.4 Å². The summed E-state index contributed by atoms with van der Waals surface area (Å²) in [5.74, 6) is 1.45. The number of methoxy groups -OCH3 is 1. The van der Waals surface area contributed by atoms with E-state index in [1.807, 2.05) is 41.3 Å². The first kappa shape index (κ1) is 19.5. The molecule has 1 aromatic carbocycles. The number of aromatic nitrogens is 3. The zero-order valence-electron chi connectivity index (χ0n) is 17.5. The zero-order chi connectivity index (χ0) is 21.5. The molecular formula is C23H25N5O3. The van der Waals surface area contributed by atoms with E-state index in [1.54, 1.807) is 11.7 Å². The van der Waals surface area contributed by atoms with Crippen molar-refractivity contribution in [2.75, 3.05) is 19.4 Å². The molecule has 1 aliphatic heterocycles. The summed E-state index contributed by atoms with van der Waals surface area (Å²) in [5, 5.41) is 0.664. The molecular weight excluding hydrogens is 394 g/mol. The average Bonchev–Trinajstić information content (AvgIpc) is 3.61. The summed E-state index contributed by atoms with van der Waals surface area (Å²) in [5.41, 5.74) is 8.13. The SMILES string of the molecule is COc1ccc(CN2CCC(n3c(=O)nc(N)c4ccc(C5CC5)nc43)CC2=O)cc1. The fourth-order valence-electron chi connectivity index (χ4n) is 4.29. The van der Waals surface area contributed by atoms with Crippen molar-refractivity contribution in [3.8, 4) is 5.75 Å². The van der Waals surface area contributed by atoms with Crippen molar-refractivity contribution in [2.45, 2.75) is 44.2 Å². The van der Waals surface area contributed by atoms with Crippen molar-refractivity contribution in [2.24, 2.45) is 0 Å². The predicted molar refractivity (Wildman–Crippen MR) is 117 cm³/mol. The molecule has 0 spiro atoms. The minimum atomic E-state index is -0.438. The Balaban J connectivity index is 1.40. The number of hydrogen-bond donors (Lipinski definition) is 1. The highest BCUT2D eigenvalue weighted by Crippen LogP contribution is 2.40. The molecule has 3 heterocycles. The summed E-state index contributed by atoms with van der Waals surface area (Å²) < 4.78 is 6.77. The van der Waals surface area contributed by atoms with Crippen LogP contribution in [0, 0.1) is 0 Å². The monoisotopic (exact) mass is 419 g/mol. The zero-order valence-corrected chi connectivity index (χ0v) is 17.5. The van der Waals surface area contributed by atoms with Crippen LogP contribution in [0.4, 0.5) is 5.82 Å². The Bertz CT molecular complexity index is 1200. The second-order valence-electron chi connectivity index (χ2n) is 8.34. The predicted octanol–water partition coefficient (Wildman–Crippen LogP) is 2.62. The maximum atomic E-state index is 12.9. The molecule has 3 aromatic rings. The number of hydrogen-bond acceptors (Lipinski definition) is 6. The summed E-state index contributed by atoms with van der Waals surface area (Å²) in [6, 6.07) is 11.3. The van der Waals surface area contributed by atoms with Crippen LogP contribution < -0.4 is 16.2 Å². The number of nitrogens with zero attached hydrogens (tertiary/aromatic N) is 4. The molecule has 1 aliphatic carbocycles. The van der Waals surface area contributed by atoms with Crippen LogP contribution in [0.25, 0.3) is 11.0 Å². The highest BCUT2D eigenvalue weighted by molar-refractivity contribution is 5.86. The van der Waals surface area contributed by atoms with Gasteiger partial charge in [0.2, 0.25) is 5.91 Å². The molecule has 1 amide bonds. The highest BCUT2D eigenvalue weighted by atomic mass is 16.5. The molecule has 5 rings (SSSR count). The van der Waals surface area contributed by atoms with E-state index >= 15 is 0 Å². The number of piperidine rings is 1. The molecule has 160 valence electrons. The van der Waals surface area contributed by atoms with Crippen LogP contribution in [0.5, 0.6) is 5.75 Å². The highest BCUT2D eigenvalue weighted by Gasteiger charge is 2.31. The molecule has 0 bridgehead atoms. The van der Waals surface area contributed by atoms with E-state index in [2.05, 4.69) is 4.98 Å². The number of carbonyl (C=O) groups excluding carboxylic acids is 1. The van der Waals surface area contributed by atoms with E-state index in [-0.39, 0.29) is 24.2 Å². The summed E-state index contributed by atoms with van der Waals surface area (Å²) in [7, 11) is 1.63. The lowest BCUT2D eigenvalue weighted by Gasteiger charge is -2.33. The van der Waals surface area contributed by atoms with E-state index < -0.39 is 5.69 Å². The number of carbonyl (C=O) groups is 1. The van der Waals surface area contributed by atoms with Gasteiger partial charge in [0.15, 0.2) is 0 Å². The van der Waals surface area contributed by atoms with Crippen molar-refractivity contribution in [3.05, 3.63) is 58.1 Å². The van der Waals surface area contributed by atoms with Crippen LogP contribution >= 0.6 is 0 Å². The van der Waals surface area contributed by atoms with Crippen molar-refractivity contribution >= 4 is 22.8 Å². The second kappa shape index (κ2) is 7.68. The number of benzene rings is 1.